The lowest BCUT2D eigenvalue weighted by Gasteiger charge is -2.08. The fourth-order valence-electron chi connectivity index (χ4n) is 0.891. The number of alkyl halides is 1. The van der Waals surface area contributed by atoms with Gasteiger partial charge in [-0.05, 0) is 6.42 Å². The number of nitrogens with zero attached hydrogens (tertiary/aromatic N) is 2. The summed E-state index contributed by atoms with van der Waals surface area (Å²) in [5, 5.41) is 3.20. The summed E-state index contributed by atoms with van der Waals surface area (Å²) in [5.41, 5.74) is 0. The number of hydrogen-bond acceptors (Lipinski definition) is 4. The van der Waals surface area contributed by atoms with Gasteiger partial charge in [-0.15, -0.1) is 11.6 Å². The van der Waals surface area contributed by atoms with Gasteiger partial charge in [0.1, 0.15) is 5.82 Å². The number of hydrogen-bond donors (Lipinski definition) is 1. The number of ether oxygens (including phenoxy) is 1. The zero-order valence-electron chi connectivity index (χ0n) is 8.33. The Labute approximate surface area is 88.7 Å². The van der Waals surface area contributed by atoms with Crippen LogP contribution in [0.4, 0.5) is 5.82 Å². The first kappa shape index (κ1) is 11.0. The van der Waals surface area contributed by atoms with Crippen molar-refractivity contribution >= 4 is 17.4 Å². The van der Waals surface area contributed by atoms with Crippen molar-refractivity contribution < 1.29 is 4.74 Å². The molecule has 5 heteroatoms. The average Bonchev–Trinajstić information content (AvgIpc) is 2.26. The molecule has 0 aromatic carbocycles. The molecule has 0 saturated carbocycles. The topological polar surface area (TPSA) is 47.0 Å². The molecule has 14 heavy (non-hydrogen) atoms. The summed E-state index contributed by atoms with van der Waals surface area (Å²) < 4.78 is 4.94. The molecule has 0 aliphatic carbocycles. The molecule has 0 bridgehead atoms. The van der Waals surface area contributed by atoms with Gasteiger partial charge in [-0.1, -0.05) is 6.92 Å². The van der Waals surface area contributed by atoms with Crippen molar-refractivity contribution in [1.82, 2.24) is 9.97 Å². The Morgan fingerprint density at radius 3 is 3.00 bits per heavy atom. The third-order valence-corrected chi connectivity index (χ3v) is 2.23. The second-order valence-corrected chi connectivity index (χ2v) is 3.45. The molecule has 0 fully saturated rings. The second-order valence-electron chi connectivity index (χ2n) is 2.83. The Hall–Kier alpha value is -1.03. The Morgan fingerprint density at radius 2 is 2.36 bits per heavy atom. The Kier molecular flexibility index (Phi) is 4.46. The quantitative estimate of drug-likeness (QED) is 0.763. The summed E-state index contributed by atoms with van der Waals surface area (Å²) in [6.45, 7) is 2.72. The van der Waals surface area contributed by atoms with Crippen LogP contribution in [-0.4, -0.2) is 29.0 Å². The molecule has 78 valence electrons. The summed E-state index contributed by atoms with van der Waals surface area (Å²) in [7, 11) is 1.56. The number of anilines is 1. The highest BCUT2D eigenvalue weighted by molar-refractivity contribution is 6.20. The van der Waals surface area contributed by atoms with Crippen molar-refractivity contribution in [2.45, 2.75) is 18.7 Å². The first-order chi connectivity index (χ1) is 6.76. The van der Waals surface area contributed by atoms with Crippen molar-refractivity contribution in [2.24, 2.45) is 0 Å². The van der Waals surface area contributed by atoms with Crippen LogP contribution in [-0.2, 0) is 0 Å². The summed E-state index contributed by atoms with van der Waals surface area (Å²) in [5.74, 6) is 1.18. The summed E-state index contributed by atoms with van der Waals surface area (Å²) in [6.07, 6.45) is 4.12. The number of nitrogens with one attached hydrogen (secondary N) is 1. The van der Waals surface area contributed by atoms with Crippen LogP contribution in [0.5, 0.6) is 5.88 Å². The van der Waals surface area contributed by atoms with Crippen LogP contribution < -0.4 is 10.1 Å². The SMILES string of the molecule is CCC(Cl)CNc1cncc(OC)n1. The second kappa shape index (κ2) is 5.65. The molecule has 0 spiro atoms. The van der Waals surface area contributed by atoms with Crippen LogP contribution in [0.15, 0.2) is 12.4 Å². The zero-order valence-corrected chi connectivity index (χ0v) is 9.08. The predicted molar refractivity (Wildman–Crippen MR) is 57.0 cm³/mol. The number of aromatic nitrogens is 2. The van der Waals surface area contributed by atoms with Crippen molar-refractivity contribution in [2.75, 3.05) is 19.0 Å². The van der Waals surface area contributed by atoms with E-state index in [1.165, 1.54) is 0 Å². The van der Waals surface area contributed by atoms with Crippen LogP contribution in [0.1, 0.15) is 13.3 Å². The van der Waals surface area contributed by atoms with E-state index in [9.17, 15) is 0 Å². The molecule has 1 aromatic heterocycles. The molecule has 1 aromatic rings. The first-order valence-corrected chi connectivity index (χ1v) is 4.94. The molecule has 0 amide bonds. The maximum atomic E-state index is 5.95. The van der Waals surface area contributed by atoms with E-state index < -0.39 is 0 Å². The molecule has 1 unspecified atom stereocenters. The maximum Gasteiger partial charge on any atom is 0.233 e. The highest BCUT2D eigenvalue weighted by Gasteiger charge is 2.02. The number of methoxy groups -OCH3 is 1. The minimum absolute atomic E-state index is 0.114. The molecule has 1 atom stereocenters. The highest BCUT2D eigenvalue weighted by atomic mass is 35.5. The van der Waals surface area contributed by atoms with Crippen LogP contribution in [0.3, 0.4) is 0 Å². The third-order valence-electron chi connectivity index (χ3n) is 1.77. The third kappa shape index (κ3) is 3.38. The average molecular weight is 216 g/mol. The zero-order chi connectivity index (χ0) is 10.4. The fourth-order valence-corrected chi connectivity index (χ4v) is 0.968. The van der Waals surface area contributed by atoms with Crippen molar-refractivity contribution in [3.8, 4) is 5.88 Å². The number of rotatable bonds is 5. The standard InChI is InChI=1S/C9H14ClN3O/c1-3-7(10)4-12-8-5-11-6-9(13-8)14-2/h5-7H,3-4H2,1-2H3,(H,12,13). The summed E-state index contributed by atoms with van der Waals surface area (Å²) in [6, 6.07) is 0. The first-order valence-electron chi connectivity index (χ1n) is 4.50. The molecule has 1 rings (SSSR count). The smallest absolute Gasteiger partial charge is 0.233 e. The molecular weight excluding hydrogens is 202 g/mol. The normalized spacial score (nSPS) is 12.2. The molecule has 1 N–H and O–H groups in total. The maximum absolute atomic E-state index is 5.95. The molecule has 0 aliphatic rings. The van der Waals surface area contributed by atoms with Gasteiger partial charge in [-0.3, -0.25) is 4.98 Å². The van der Waals surface area contributed by atoms with E-state index in [4.69, 9.17) is 16.3 Å². The Morgan fingerprint density at radius 1 is 1.57 bits per heavy atom. The lowest BCUT2D eigenvalue weighted by molar-refractivity contribution is 0.396. The molecule has 0 radical (unpaired) electrons. The Balaban J connectivity index is 2.50. The van der Waals surface area contributed by atoms with E-state index in [1.54, 1.807) is 19.5 Å². The van der Waals surface area contributed by atoms with Crippen molar-refractivity contribution in [1.29, 1.82) is 0 Å². The van der Waals surface area contributed by atoms with Gasteiger partial charge in [0.05, 0.1) is 24.9 Å². The minimum atomic E-state index is 0.114. The molecule has 4 nitrogen and oxygen atoms in total. The van der Waals surface area contributed by atoms with Gasteiger partial charge in [0.2, 0.25) is 5.88 Å². The van der Waals surface area contributed by atoms with Crippen LogP contribution in [0.25, 0.3) is 0 Å². The molecule has 0 aliphatic heterocycles. The van der Waals surface area contributed by atoms with E-state index in [0.29, 0.717) is 18.2 Å². The van der Waals surface area contributed by atoms with E-state index >= 15 is 0 Å². The molecule has 1 heterocycles. The Bertz CT molecular complexity index is 283. The van der Waals surface area contributed by atoms with Crippen molar-refractivity contribution in [3.05, 3.63) is 12.4 Å². The highest BCUT2D eigenvalue weighted by Crippen LogP contribution is 2.09. The number of halogens is 1. The lowest BCUT2D eigenvalue weighted by atomic mass is 10.3. The van der Waals surface area contributed by atoms with Gasteiger partial charge in [0.15, 0.2) is 0 Å². The van der Waals surface area contributed by atoms with E-state index in [0.717, 1.165) is 6.42 Å². The largest absolute Gasteiger partial charge is 0.480 e. The van der Waals surface area contributed by atoms with Gasteiger partial charge in [0.25, 0.3) is 0 Å². The van der Waals surface area contributed by atoms with E-state index in [1.807, 2.05) is 6.92 Å². The monoisotopic (exact) mass is 215 g/mol. The molecule has 0 saturated heterocycles. The summed E-state index contributed by atoms with van der Waals surface area (Å²) >= 11 is 5.95. The van der Waals surface area contributed by atoms with Gasteiger partial charge >= 0.3 is 0 Å². The van der Waals surface area contributed by atoms with Gasteiger partial charge in [-0.25, -0.2) is 0 Å². The molecular formula is C9H14ClN3O. The predicted octanol–water partition coefficient (Wildman–Crippen LogP) is 1.91. The summed E-state index contributed by atoms with van der Waals surface area (Å²) in [4.78, 5) is 8.11. The fraction of sp³-hybridized carbons (Fsp3) is 0.556. The van der Waals surface area contributed by atoms with Crippen LogP contribution in [0.2, 0.25) is 0 Å². The lowest BCUT2D eigenvalue weighted by Crippen LogP contribution is -2.14. The van der Waals surface area contributed by atoms with E-state index in [-0.39, 0.29) is 5.38 Å². The van der Waals surface area contributed by atoms with Crippen LogP contribution >= 0.6 is 11.6 Å². The van der Waals surface area contributed by atoms with E-state index in [2.05, 4.69) is 15.3 Å². The van der Waals surface area contributed by atoms with Gasteiger partial charge in [-0.2, -0.15) is 4.98 Å². The van der Waals surface area contributed by atoms with Crippen molar-refractivity contribution in [3.63, 3.8) is 0 Å². The minimum Gasteiger partial charge on any atom is -0.480 e. The van der Waals surface area contributed by atoms with Crippen LogP contribution in [0, 0.1) is 0 Å². The van der Waals surface area contributed by atoms with Gasteiger partial charge < -0.3 is 10.1 Å². The van der Waals surface area contributed by atoms with Gasteiger partial charge in [0, 0.05) is 6.54 Å².